The van der Waals surface area contributed by atoms with Gasteiger partial charge in [-0.3, -0.25) is 4.79 Å². The molecule has 2 atom stereocenters. The van der Waals surface area contributed by atoms with Crippen molar-refractivity contribution >= 4 is 21.9 Å². The number of carboxylic acid groups (broad SMARTS) is 1. The molecule has 2 heterocycles. The third-order valence-electron chi connectivity index (χ3n) is 4.51. The van der Waals surface area contributed by atoms with Gasteiger partial charge in [-0.15, -0.1) is 0 Å². The maximum absolute atomic E-state index is 12.8. The fraction of sp³-hybridized carbons (Fsp3) is 0.529. The van der Waals surface area contributed by atoms with Crippen LogP contribution in [0.3, 0.4) is 0 Å². The van der Waals surface area contributed by atoms with Gasteiger partial charge in [-0.05, 0) is 25.1 Å². The number of ether oxygens (including phenoxy) is 2. The average Bonchev–Trinajstić information content (AvgIpc) is 2.67. The first kappa shape index (κ1) is 19.7. The summed E-state index contributed by atoms with van der Waals surface area (Å²) >= 11 is 0. The van der Waals surface area contributed by atoms with Gasteiger partial charge in [-0.25, -0.2) is 13.2 Å². The van der Waals surface area contributed by atoms with Gasteiger partial charge >= 0.3 is 5.97 Å². The molecule has 0 radical (unpaired) electrons. The highest BCUT2D eigenvalue weighted by atomic mass is 32.2. The molecule has 1 N–H and O–H groups in total. The molecule has 2 aliphatic heterocycles. The Kier molecular flexibility index (Phi) is 5.80. The van der Waals surface area contributed by atoms with E-state index < -0.39 is 34.1 Å². The van der Waals surface area contributed by atoms with Crippen LogP contribution in [-0.4, -0.2) is 86.2 Å². The monoisotopic (exact) mass is 398 g/mol. The molecule has 2 fully saturated rings. The molecule has 0 spiro atoms. The van der Waals surface area contributed by atoms with Crippen LogP contribution in [0.1, 0.15) is 17.3 Å². The number of benzene rings is 1. The highest BCUT2D eigenvalue weighted by Crippen LogP contribution is 2.21. The second-order valence-corrected chi connectivity index (χ2v) is 8.47. The van der Waals surface area contributed by atoms with Crippen molar-refractivity contribution in [3.63, 3.8) is 0 Å². The Morgan fingerprint density at radius 2 is 1.89 bits per heavy atom. The standard InChI is InChI=1S/C17H22N2O7S/c1-12-10-18(11-15(26-12)17(21)22)16(20)13-3-2-4-14(9-13)27(23,24)19-5-7-25-8-6-19/h2-4,9,12,15H,5-8,10-11H2,1H3,(H,21,22)/t12-,15?/m1/s1. The van der Waals surface area contributed by atoms with Crippen molar-refractivity contribution in [2.45, 2.75) is 24.0 Å². The van der Waals surface area contributed by atoms with Gasteiger partial charge in [0.05, 0.1) is 30.8 Å². The Labute approximate surface area is 157 Å². The highest BCUT2D eigenvalue weighted by molar-refractivity contribution is 7.89. The molecule has 27 heavy (non-hydrogen) atoms. The molecule has 1 amide bonds. The van der Waals surface area contributed by atoms with E-state index in [-0.39, 0.29) is 36.6 Å². The molecule has 148 valence electrons. The smallest absolute Gasteiger partial charge is 0.334 e. The minimum absolute atomic E-state index is 0.0337. The van der Waals surface area contributed by atoms with E-state index in [2.05, 4.69) is 0 Å². The summed E-state index contributed by atoms with van der Waals surface area (Å²) in [7, 11) is -3.72. The predicted octanol–water partition coefficient (Wildman–Crippen LogP) is 0.0216. The van der Waals surface area contributed by atoms with Crippen LogP contribution in [-0.2, 0) is 24.3 Å². The van der Waals surface area contributed by atoms with Crippen LogP contribution in [0.2, 0.25) is 0 Å². The molecular weight excluding hydrogens is 376 g/mol. The topological polar surface area (TPSA) is 113 Å². The molecule has 1 aromatic carbocycles. The third kappa shape index (κ3) is 4.29. The first-order valence-corrected chi connectivity index (χ1v) is 10.1. The average molecular weight is 398 g/mol. The van der Waals surface area contributed by atoms with Crippen molar-refractivity contribution in [2.24, 2.45) is 0 Å². The van der Waals surface area contributed by atoms with E-state index in [1.54, 1.807) is 6.92 Å². The number of aliphatic carboxylic acids is 1. The lowest BCUT2D eigenvalue weighted by Crippen LogP contribution is -2.51. The van der Waals surface area contributed by atoms with Crippen molar-refractivity contribution in [3.8, 4) is 0 Å². The first-order chi connectivity index (χ1) is 12.8. The lowest BCUT2D eigenvalue weighted by atomic mass is 10.1. The molecule has 1 aromatic rings. The molecule has 9 nitrogen and oxygen atoms in total. The van der Waals surface area contributed by atoms with Crippen LogP contribution in [0.5, 0.6) is 0 Å². The van der Waals surface area contributed by atoms with Crippen molar-refractivity contribution in [2.75, 3.05) is 39.4 Å². The second kappa shape index (κ2) is 7.93. The van der Waals surface area contributed by atoms with Gasteiger partial charge in [-0.2, -0.15) is 4.31 Å². The number of carbonyl (C=O) groups excluding carboxylic acids is 1. The Hall–Kier alpha value is -2.01. The van der Waals surface area contributed by atoms with Gasteiger partial charge in [-0.1, -0.05) is 6.07 Å². The summed E-state index contributed by atoms with van der Waals surface area (Å²) in [4.78, 5) is 25.4. The molecule has 3 rings (SSSR count). The van der Waals surface area contributed by atoms with Crippen molar-refractivity contribution in [1.29, 1.82) is 0 Å². The summed E-state index contributed by atoms with van der Waals surface area (Å²) in [5.74, 6) is -1.56. The van der Waals surface area contributed by atoms with Crippen LogP contribution in [0.25, 0.3) is 0 Å². The van der Waals surface area contributed by atoms with Crippen LogP contribution in [0.4, 0.5) is 0 Å². The normalized spacial score (nSPS) is 24.6. The van der Waals surface area contributed by atoms with Crippen LogP contribution in [0.15, 0.2) is 29.2 Å². The summed E-state index contributed by atoms with van der Waals surface area (Å²) in [5.41, 5.74) is 0.197. The molecule has 2 aliphatic rings. The minimum atomic E-state index is -3.72. The lowest BCUT2D eigenvalue weighted by molar-refractivity contribution is -0.160. The zero-order valence-electron chi connectivity index (χ0n) is 14.9. The van der Waals surface area contributed by atoms with Crippen LogP contribution < -0.4 is 0 Å². The van der Waals surface area contributed by atoms with E-state index in [1.165, 1.54) is 33.5 Å². The fourth-order valence-electron chi connectivity index (χ4n) is 3.16. The number of rotatable bonds is 4. The number of sulfonamides is 1. The SMILES string of the molecule is C[C@@H]1CN(C(=O)c2cccc(S(=O)(=O)N3CCOCC3)c2)CC(C(=O)O)O1. The summed E-state index contributed by atoms with van der Waals surface area (Å²) in [6, 6.07) is 5.82. The maximum Gasteiger partial charge on any atom is 0.334 e. The molecule has 1 unspecified atom stereocenters. The van der Waals surface area contributed by atoms with E-state index in [0.717, 1.165) is 0 Å². The molecule has 0 bridgehead atoms. The van der Waals surface area contributed by atoms with E-state index in [9.17, 15) is 18.0 Å². The van der Waals surface area contributed by atoms with Gasteiger partial charge in [0.1, 0.15) is 0 Å². The van der Waals surface area contributed by atoms with Gasteiger partial charge in [0.25, 0.3) is 5.91 Å². The zero-order chi connectivity index (χ0) is 19.6. The molecule has 0 saturated carbocycles. The van der Waals surface area contributed by atoms with Gasteiger partial charge in [0, 0.05) is 25.2 Å². The van der Waals surface area contributed by atoms with Crippen LogP contribution in [0, 0.1) is 0 Å². The number of hydrogen-bond donors (Lipinski definition) is 1. The predicted molar refractivity (Wildman–Crippen MR) is 93.9 cm³/mol. The summed E-state index contributed by atoms with van der Waals surface area (Å²) in [6.45, 7) is 3.04. The van der Waals surface area contributed by atoms with Crippen molar-refractivity contribution in [1.82, 2.24) is 9.21 Å². The molecule has 2 saturated heterocycles. The number of nitrogens with zero attached hydrogens (tertiary/aromatic N) is 2. The number of morpholine rings is 2. The first-order valence-electron chi connectivity index (χ1n) is 8.64. The molecule has 0 aromatic heterocycles. The second-order valence-electron chi connectivity index (χ2n) is 6.53. The van der Waals surface area contributed by atoms with E-state index in [4.69, 9.17) is 14.6 Å². The van der Waals surface area contributed by atoms with Crippen LogP contribution >= 0.6 is 0 Å². The number of carbonyl (C=O) groups is 2. The van der Waals surface area contributed by atoms with Crippen molar-refractivity contribution in [3.05, 3.63) is 29.8 Å². The largest absolute Gasteiger partial charge is 0.479 e. The zero-order valence-corrected chi connectivity index (χ0v) is 15.7. The summed E-state index contributed by atoms with van der Waals surface area (Å²) in [6.07, 6.45) is -1.53. The van der Waals surface area contributed by atoms with Gasteiger partial charge < -0.3 is 19.5 Å². The van der Waals surface area contributed by atoms with E-state index in [0.29, 0.717) is 13.2 Å². The summed E-state index contributed by atoms with van der Waals surface area (Å²) < 4.78 is 37.4. The Balaban J connectivity index is 1.82. The minimum Gasteiger partial charge on any atom is -0.479 e. The number of hydrogen-bond acceptors (Lipinski definition) is 6. The number of carboxylic acids is 1. The Bertz CT molecular complexity index is 820. The summed E-state index contributed by atoms with van der Waals surface area (Å²) in [5, 5.41) is 9.16. The van der Waals surface area contributed by atoms with E-state index >= 15 is 0 Å². The van der Waals surface area contributed by atoms with Gasteiger partial charge in [0.2, 0.25) is 10.0 Å². The van der Waals surface area contributed by atoms with Crippen molar-refractivity contribution < 1.29 is 32.6 Å². The Morgan fingerprint density at radius 1 is 1.19 bits per heavy atom. The molecule has 10 heteroatoms. The maximum atomic E-state index is 12.8. The Morgan fingerprint density at radius 3 is 2.56 bits per heavy atom. The number of amides is 1. The highest BCUT2D eigenvalue weighted by Gasteiger charge is 2.33. The fourth-order valence-corrected chi connectivity index (χ4v) is 4.62. The van der Waals surface area contributed by atoms with E-state index in [1.807, 2.05) is 0 Å². The third-order valence-corrected chi connectivity index (χ3v) is 6.41. The molecular formula is C17H22N2O7S. The lowest BCUT2D eigenvalue weighted by Gasteiger charge is -2.35. The quantitative estimate of drug-likeness (QED) is 0.761. The molecule has 0 aliphatic carbocycles. The van der Waals surface area contributed by atoms with Gasteiger partial charge in [0.15, 0.2) is 6.10 Å².